The number of pyridine rings is 3. The minimum Gasteiger partial charge on any atom is -0.476 e. The Balaban J connectivity index is 0.000000247. The summed E-state index contributed by atoms with van der Waals surface area (Å²) in [6.45, 7) is 2.71. The SMILES string of the molecule is CN(C)c1ccc(-c2cc3nccnc3c(OC[C@@H]3CCCNC3)n2)cn1.CN(C)c1ccc(B(O)O)cn1. The highest BCUT2D eigenvalue weighted by Crippen LogP contribution is 2.27. The molecule has 1 aliphatic rings. The van der Waals surface area contributed by atoms with Crippen molar-refractivity contribution in [2.45, 2.75) is 12.8 Å². The van der Waals surface area contributed by atoms with E-state index in [1.165, 1.54) is 19.0 Å². The second-order valence-corrected chi connectivity index (χ2v) is 9.78. The van der Waals surface area contributed by atoms with Crippen LogP contribution in [0.1, 0.15) is 12.8 Å². The number of aromatic nitrogens is 5. The summed E-state index contributed by atoms with van der Waals surface area (Å²) in [5, 5.41) is 20.9. The number of nitrogens with one attached hydrogen (secondary N) is 1. The lowest BCUT2D eigenvalue weighted by Crippen LogP contribution is -2.33. The number of anilines is 2. The average Bonchev–Trinajstić information content (AvgIpc) is 2.96. The van der Waals surface area contributed by atoms with Gasteiger partial charge in [-0.3, -0.25) is 4.98 Å². The zero-order valence-electron chi connectivity index (χ0n) is 22.8. The summed E-state index contributed by atoms with van der Waals surface area (Å²) in [6, 6.07) is 9.29. The second kappa shape index (κ2) is 13.3. The van der Waals surface area contributed by atoms with Crippen LogP contribution in [-0.2, 0) is 0 Å². The van der Waals surface area contributed by atoms with Crippen molar-refractivity contribution in [2.75, 3.05) is 57.7 Å². The van der Waals surface area contributed by atoms with Crippen molar-refractivity contribution in [3.63, 3.8) is 0 Å². The third-order valence-electron chi connectivity index (χ3n) is 6.31. The Morgan fingerprint density at radius 2 is 1.67 bits per heavy atom. The van der Waals surface area contributed by atoms with Crippen LogP contribution in [0.25, 0.3) is 22.3 Å². The Hall–Kier alpha value is -3.87. The summed E-state index contributed by atoms with van der Waals surface area (Å²) in [7, 11) is 6.25. The molecule has 0 spiro atoms. The number of hydrogen-bond acceptors (Lipinski definition) is 11. The van der Waals surface area contributed by atoms with E-state index >= 15 is 0 Å². The first kappa shape index (κ1) is 28.2. The molecule has 4 aromatic rings. The van der Waals surface area contributed by atoms with Gasteiger partial charge in [0, 0.05) is 76.5 Å². The van der Waals surface area contributed by atoms with Gasteiger partial charge in [-0.2, -0.15) is 0 Å². The van der Waals surface area contributed by atoms with E-state index in [4.69, 9.17) is 19.8 Å². The van der Waals surface area contributed by atoms with Gasteiger partial charge in [-0.1, -0.05) is 6.07 Å². The standard InChI is InChI=1S/C20H24N6O.C7H11BN2O2/c1-26(2)18-6-5-15(12-24-18)16-10-17-19(23-9-8-22-17)20(25-16)27-13-14-4-3-7-21-11-14;1-10(2)7-4-3-6(5-9-7)8(11)12/h5-6,8-10,12,14,21H,3-4,7,11,13H2,1-2H3;3-5,11-12H,1-2H3/t14-;/m1./s1. The summed E-state index contributed by atoms with van der Waals surface area (Å²) in [6.07, 6.45) is 8.99. The second-order valence-electron chi connectivity index (χ2n) is 9.78. The third kappa shape index (κ3) is 7.59. The van der Waals surface area contributed by atoms with E-state index in [9.17, 15) is 0 Å². The van der Waals surface area contributed by atoms with Crippen LogP contribution in [0.2, 0.25) is 0 Å². The number of piperidine rings is 1. The lowest BCUT2D eigenvalue weighted by molar-refractivity contribution is 0.214. The average molecular weight is 530 g/mol. The predicted molar refractivity (Wildman–Crippen MR) is 154 cm³/mol. The Kier molecular flexibility index (Phi) is 9.58. The molecular formula is C27H35BN8O3. The van der Waals surface area contributed by atoms with E-state index in [0.717, 1.165) is 41.5 Å². The van der Waals surface area contributed by atoms with Crippen molar-refractivity contribution in [3.05, 3.63) is 55.1 Å². The van der Waals surface area contributed by atoms with E-state index in [1.54, 1.807) is 24.5 Å². The maximum Gasteiger partial charge on any atom is 0.490 e. The number of fused-ring (bicyclic) bond motifs is 1. The van der Waals surface area contributed by atoms with Gasteiger partial charge < -0.3 is 29.9 Å². The van der Waals surface area contributed by atoms with Crippen LogP contribution in [0.5, 0.6) is 5.88 Å². The zero-order valence-corrected chi connectivity index (χ0v) is 22.8. The van der Waals surface area contributed by atoms with Gasteiger partial charge in [0.15, 0.2) is 5.52 Å². The van der Waals surface area contributed by atoms with Crippen LogP contribution in [0.15, 0.2) is 55.1 Å². The molecule has 0 bridgehead atoms. The van der Waals surface area contributed by atoms with Gasteiger partial charge in [-0.15, -0.1) is 0 Å². The Labute approximate surface area is 229 Å². The molecule has 204 valence electrons. The first-order valence-corrected chi connectivity index (χ1v) is 12.9. The number of hydrogen-bond donors (Lipinski definition) is 3. The smallest absolute Gasteiger partial charge is 0.476 e. The Bertz CT molecular complexity index is 1300. The summed E-state index contributed by atoms with van der Waals surface area (Å²) in [4.78, 5) is 25.9. The van der Waals surface area contributed by atoms with Crippen molar-refractivity contribution in [1.82, 2.24) is 30.2 Å². The largest absolute Gasteiger partial charge is 0.490 e. The molecule has 1 fully saturated rings. The quantitative estimate of drug-likeness (QED) is 0.299. The fourth-order valence-corrected chi connectivity index (χ4v) is 4.07. The summed E-state index contributed by atoms with van der Waals surface area (Å²) >= 11 is 0. The molecule has 0 saturated carbocycles. The predicted octanol–water partition coefficient (Wildman–Crippen LogP) is 1.36. The van der Waals surface area contributed by atoms with Gasteiger partial charge in [-0.25, -0.2) is 19.9 Å². The first-order valence-electron chi connectivity index (χ1n) is 12.9. The lowest BCUT2D eigenvalue weighted by Gasteiger charge is -2.22. The molecule has 0 amide bonds. The summed E-state index contributed by atoms with van der Waals surface area (Å²) in [5.41, 5.74) is 3.59. The van der Waals surface area contributed by atoms with E-state index in [2.05, 4.69) is 25.3 Å². The molecule has 5 rings (SSSR count). The fraction of sp³-hybridized carbons (Fsp3) is 0.370. The summed E-state index contributed by atoms with van der Waals surface area (Å²) < 4.78 is 6.10. The van der Waals surface area contributed by atoms with Gasteiger partial charge in [0.05, 0.1) is 17.8 Å². The molecule has 11 nitrogen and oxygen atoms in total. The molecule has 1 aliphatic heterocycles. The lowest BCUT2D eigenvalue weighted by atomic mass is 9.82. The molecule has 0 unspecified atom stereocenters. The molecule has 1 atom stereocenters. The molecule has 0 aliphatic carbocycles. The number of nitrogens with zero attached hydrogens (tertiary/aromatic N) is 7. The Morgan fingerprint density at radius 1 is 0.949 bits per heavy atom. The molecule has 39 heavy (non-hydrogen) atoms. The van der Waals surface area contributed by atoms with Crippen LogP contribution >= 0.6 is 0 Å². The van der Waals surface area contributed by atoms with Crippen molar-refractivity contribution >= 4 is 35.3 Å². The van der Waals surface area contributed by atoms with E-state index in [0.29, 0.717) is 29.4 Å². The van der Waals surface area contributed by atoms with Crippen LogP contribution in [0.4, 0.5) is 11.6 Å². The molecule has 5 heterocycles. The molecular weight excluding hydrogens is 495 g/mol. The number of rotatable bonds is 7. The minimum absolute atomic E-state index is 0.403. The van der Waals surface area contributed by atoms with Crippen LogP contribution in [-0.4, -0.2) is 90.0 Å². The van der Waals surface area contributed by atoms with E-state index in [-0.39, 0.29) is 0 Å². The highest BCUT2D eigenvalue weighted by molar-refractivity contribution is 6.58. The third-order valence-corrected chi connectivity index (χ3v) is 6.31. The first-order chi connectivity index (χ1) is 18.8. The van der Waals surface area contributed by atoms with Crippen LogP contribution in [0.3, 0.4) is 0 Å². The van der Waals surface area contributed by atoms with Gasteiger partial charge in [0.1, 0.15) is 11.6 Å². The van der Waals surface area contributed by atoms with Crippen LogP contribution < -0.4 is 25.3 Å². The molecule has 0 radical (unpaired) electrons. The van der Waals surface area contributed by atoms with E-state index in [1.807, 2.05) is 62.4 Å². The van der Waals surface area contributed by atoms with Crippen molar-refractivity contribution in [1.29, 1.82) is 0 Å². The highest BCUT2D eigenvalue weighted by Gasteiger charge is 2.17. The fourth-order valence-electron chi connectivity index (χ4n) is 4.07. The maximum absolute atomic E-state index is 8.76. The maximum atomic E-state index is 8.76. The van der Waals surface area contributed by atoms with E-state index < -0.39 is 7.12 Å². The van der Waals surface area contributed by atoms with Crippen molar-refractivity contribution in [3.8, 4) is 17.1 Å². The number of ether oxygens (including phenoxy) is 1. The Morgan fingerprint density at radius 3 is 2.26 bits per heavy atom. The summed E-state index contributed by atoms with van der Waals surface area (Å²) in [5.74, 6) is 2.73. The minimum atomic E-state index is -1.44. The molecule has 1 saturated heterocycles. The molecule has 0 aromatic carbocycles. The van der Waals surface area contributed by atoms with Gasteiger partial charge in [0.25, 0.3) is 0 Å². The van der Waals surface area contributed by atoms with Crippen LogP contribution in [0, 0.1) is 5.92 Å². The monoisotopic (exact) mass is 530 g/mol. The topological polar surface area (TPSA) is 133 Å². The molecule has 3 N–H and O–H groups in total. The molecule has 12 heteroatoms. The molecule has 4 aromatic heterocycles. The van der Waals surface area contributed by atoms with Crippen molar-refractivity contribution < 1.29 is 14.8 Å². The normalized spacial score (nSPS) is 14.8. The zero-order chi connectivity index (χ0) is 27.8. The van der Waals surface area contributed by atoms with Gasteiger partial charge in [0.2, 0.25) is 5.88 Å². The highest BCUT2D eigenvalue weighted by atomic mass is 16.5. The van der Waals surface area contributed by atoms with Gasteiger partial charge in [-0.05, 0) is 43.7 Å². The van der Waals surface area contributed by atoms with Crippen molar-refractivity contribution in [2.24, 2.45) is 5.92 Å². The van der Waals surface area contributed by atoms with Gasteiger partial charge >= 0.3 is 7.12 Å².